The predicted molar refractivity (Wildman–Crippen MR) is 63.2 cm³/mol. The summed E-state index contributed by atoms with van der Waals surface area (Å²) in [6, 6.07) is 0. The first kappa shape index (κ1) is 12.8. The van der Waals surface area contributed by atoms with E-state index in [0.717, 1.165) is 0 Å². The van der Waals surface area contributed by atoms with Crippen LogP contribution in [0.5, 0.6) is 0 Å². The molecular formula is C11H12ClN3O3. The Balaban J connectivity index is 2.14. The van der Waals surface area contributed by atoms with Gasteiger partial charge in [0.25, 0.3) is 5.91 Å². The second kappa shape index (κ2) is 4.89. The Hall–Kier alpha value is -1.69. The Morgan fingerprint density at radius 1 is 1.44 bits per heavy atom. The lowest BCUT2D eigenvalue weighted by Crippen LogP contribution is -2.30. The van der Waals surface area contributed by atoms with Gasteiger partial charge in [-0.3, -0.25) is 14.6 Å². The number of likely N-dealkylation sites (tertiary alicyclic amines) is 1. The largest absolute Gasteiger partial charge is 0.481 e. The highest BCUT2D eigenvalue weighted by atomic mass is 35.5. The molecule has 6 nitrogen and oxygen atoms in total. The van der Waals surface area contributed by atoms with Crippen molar-refractivity contribution in [2.45, 2.75) is 6.92 Å². The van der Waals surface area contributed by atoms with Gasteiger partial charge in [-0.1, -0.05) is 18.5 Å². The molecule has 0 spiro atoms. The minimum atomic E-state index is -0.880. The summed E-state index contributed by atoms with van der Waals surface area (Å²) in [5.74, 6) is -1.81. The summed E-state index contributed by atoms with van der Waals surface area (Å²) in [4.78, 5) is 32.2. The molecule has 1 aromatic heterocycles. The fraction of sp³-hybridized carbons (Fsp3) is 0.455. The summed E-state index contributed by atoms with van der Waals surface area (Å²) in [6.45, 7) is 2.42. The standard InChI is InChI=1S/C11H12ClN3O3/c1-6-4-15(5-7(6)11(17)18)10(16)8-2-13-3-9(12)14-8/h2-3,6-7H,4-5H2,1H3,(H,17,18)/t6-,7-/m1/s1. The van der Waals surface area contributed by atoms with E-state index in [1.807, 2.05) is 6.92 Å². The number of hydrogen-bond donors (Lipinski definition) is 1. The zero-order chi connectivity index (χ0) is 13.3. The molecule has 0 saturated carbocycles. The molecule has 18 heavy (non-hydrogen) atoms. The second-order valence-corrected chi connectivity index (χ2v) is 4.75. The van der Waals surface area contributed by atoms with Crippen LogP contribution >= 0.6 is 11.6 Å². The molecule has 1 amide bonds. The molecule has 2 heterocycles. The van der Waals surface area contributed by atoms with Crippen molar-refractivity contribution in [1.82, 2.24) is 14.9 Å². The van der Waals surface area contributed by atoms with E-state index >= 15 is 0 Å². The van der Waals surface area contributed by atoms with Crippen molar-refractivity contribution >= 4 is 23.5 Å². The van der Waals surface area contributed by atoms with E-state index in [0.29, 0.717) is 6.54 Å². The van der Waals surface area contributed by atoms with Gasteiger partial charge in [-0.15, -0.1) is 0 Å². The van der Waals surface area contributed by atoms with Crippen LogP contribution < -0.4 is 0 Å². The zero-order valence-electron chi connectivity index (χ0n) is 9.71. The smallest absolute Gasteiger partial charge is 0.308 e. The number of carboxylic acids is 1. The van der Waals surface area contributed by atoms with Gasteiger partial charge in [0.05, 0.1) is 18.3 Å². The lowest BCUT2D eigenvalue weighted by Gasteiger charge is -2.14. The number of halogens is 1. The van der Waals surface area contributed by atoms with Crippen molar-refractivity contribution < 1.29 is 14.7 Å². The van der Waals surface area contributed by atoms with E-state index in [1.54, 1.807) is 0 Å². The summed E-state index contributed by atoms with van der Waals surface area (Å²) in [5.41, 5.74) is 0.140. The molecule has 1 aromatic rings. The number of carboxylic acid groups (broad SMARTS) is 1. The van der Waals surface area contributed by atoms with Crippen LogP contribution in [0.25, 0.3) is 0 Å². The highest BCUT2D eigenvalue weighted by Gasteiger charge is 2.37. The fourth-order valence-electron chi connectivity index (χ4n) is 2.06. The van der Waals surface area contributed by atoms with Crippen molar-refractivity contribution in [3.8, 4) is 0 Å². The Bertz CT molecular complexity index is 494. The van der Waals surface area contributed by atoms with Gasteiger partial charge in [-0.25, -0.2) is 4.98 Å². The van der Waals surface area contributed by atoms with Gasteiger partial charge in [0.1, 0.15) is 10.8 Å². The van der Waals surface area contributed by atoms with Crippen molar-refractivity contribution in [2.75, 3.05) is 13.1 Å². The monoisotopic (exact) mass is 269 g/mol. The summed E-state index contributed by atoms with van der Waals surface area (Å²) in [7, 11) is 0. The van der Waals surface area contributed by atoms with Crippen LogP contribution in [0.2, 0.25) is 5.15 Å². The molecule has 0 radical (unpaired) electrons. The number of amides is 1. The predicted octanol–water partition coefficient (Wildman–Crippen LogP) is 0.923. The van der Waals surface area contributed by atoms with Crippen molar-refractivity contribution in [1.29, 1.82) is 0 Å². The highest BCUT2D eigenvalue weighted by Crippen LogP contribution is 2.24. The fourth-order valence-corrected chi connectivity index (χ4v) is 2.21. The molecular weight excluding hydrogens is 258 g/mol. The van der Waals surface area contributed by atoms with E-state index in [9.17, 15) is 9.59 Å². The van der Waals surface area contributed by atoms with E-state index in [-0.39, 0.29) is 29.2 Å². The van der Waals surface area contributed by atoms with Crippen LogP contribution in [0.1, 0.15) is 17.4 Å². The third-order valence-corrected chi connectivity index (χ3v) is 3.22. The first-order chi connectivity index (χ1) is 8.49. The molecule has 7 heteroatoms. The maximum atomic E-state index is 12.1. The highest BCUT2D eigenvalue weighted by molar-refractivity contribution is 6.29. The Kier molecular flexibility index (Phi) is 3.47. The lowest BCUT2D eigenvalue weighted by molar-refractivity contribution is -0.142. The average Bonchev–Trinajstić information content (AvgIpc) is 2.70. The minimum Gasteiger partial charge on any atom is -0.481 e. The van der Waals surface area contributed by atoms with Crippen LogP contribution in [0.15, 0.2) is 12.4 Å². The SMILES string of the molecule is C[C@@H]1CN(C(=O)c2cncc(Cl)n2)C[C@H]1C(=O)O. The summed E-state index contributed by atoms with van der Waals surface area (Å²) in [6.07, 6.45) is 2.66. The van der Waals surface area contributed by atoms with Gasteiger partial charge < -0.3 is 10.0 Å². The molecule has 2 rings (SSSR count). The van der Waals surface area contributed by atoms with Crippen molar-refractivity contribution in [3.05, 3.63) is 23.2 Å². The Morgan fingerprint density at radius 3 is 2.72 bits per heavy atom. The molecule has 1 N–H and O–H groups in total. The quantitative estimate of drug-likeness (QED) is 0.863. The summed E-state index contributed by atoms with van der Waals surface area (Å²) >= 11 is 5.66. The molecule has 0 unspecified atom stereocenters. The number of carbonyl (C=O) groups excluding carboxylic acids is 1. The van der Waals surface area contributed by atoms with E-state index in [1.165, 1.54) is 17.3 Å². The second-order valence-electron chi connectivity index (χ2n) is 4.36. The van der Waals surface area contributed by atoms with Crippen LogP contribution in [0, 0.1) is 11.8 Å². The van der Waals surface area contributed by atoms with Crippen LogP contribution in [-0.4, -0.2) is 44.9 Å². The van der Waals surface area contributed by atoms with E-state index in [2.05, 4.69) is 9.97 Å². The first-order valence-corrected chi connectivity index (χ1v) is 5.86. The van der Waals surface area contributed by atoms with Gasteiger partial charge in [-0.05, 0) is 5.92 Å². The van der Waals surface area contributed by atoms with Gasteiger partial charge in [0, 0.05) is 13.1 Å². The number of nitrogens with zero attached hydrogens (tertiary/aromatic N) is 3. The Labute approximate surface area is 109 Å². The molecule has 1 aliphatic heterocycles. The molecule has 1 aliphatic rings. The van der Waals surface area contributed by atoms with Crippen molar-refractivity contribution in [3.63, 3.8) is 0 Å². The average molecular weight is 270 g/mol. The number of aliphatic carboxylic acids is 1. The summed E-state index contributed by atoms with van der Waals surface area (Å²) in [5, 5.41) is 9.15. The van der Waals surface area contributed by atoms with Gasteiger partial charge >= 0.3 is 5.97 Å². The van der Waals surface area contributed by atoms with Crippen molar-refractivity contribution in [2.24, 2.45) is 11.8 Å². The lowest BCUT2D eigenvalue weighted by atomic mass is 9.99. The molecule has 0 aliphatic carbocycles. The van der Waals surface area contributed by atoms with E-state index < -0.39 is 11.9 Å². The van der Waals surface area contributed by atoms with Crippen LogP contribution in [-0.2, 0) is 4.79 Å². The molecule has 1 fully saturated rings. The third kappa shape index (κ3) is 2.43. The zero-order valence-corrected chi connectivity index (χ0v) is 10.5. The number of aromatic nitrogens is 2. The summed E-state index contributed by atoms with van der Waals surface area (Å²) < 4.78 is 0. The first-order valence-electron chi connectivity index (χ1n) is 5.48. The third-order valence-electron chi connectivity index (χ3n) is 3.04. The molecule has 1 saturated heterocycles. The molecule has 96 valence electrons. The topological polar surface area (TPSA) is 83.4 Å². The van der Waals surface area contributed by atoms with Gasteiger partial charge in [0.2, 0.25) is 0 Å². The minimum absolute atomic E-state index is 0.0707. The van der Waals surface area contributed by atoms with Crippen LogP contribution in [0.4, 0.5) is 0 Å². The van der Waals surface area contributed by atoms with Gasteiger partial charge in [-0.2, -0.15) is 0 Å². The van der Waals surface area contributed by atoms with E-state index in [4.69, 9.17) is 16.7 Å². The normalized spacial score (nSPS) is 23.1. The molecule has 0 bridgehead atoms. The number of rotatable bonds is 2. The number of hydrogen-bond acceptors (Lipinski definition) is 4. The number of carbonyl (C=O) groups is 2. The Morgan fingerprint density at radius 2 is 2.17 bits per heavy atom. The maximum Gasteiger partial charge on any atom is 0.308 e. The van der Waals surface area contributed by atoms with Gasteiger partial charge in [0.15, 0.2) is 0 Å². The molecule has 2 atom stereocenters. The maximum absolute atomic E-state index is 12.1. The van der Waals surface area contributed by atoms with Crippen LogP contribution in [0.3, 0.4) is 0 Å². The molecule has 0 aromatic carbocycles.